The van der Waals surface area contributed by atoms with Crippen molar-refractivity contribution in [2.24, 2.45) is 0 Å². The first-order valence-corrected chi connectivity index (χ1v) is 9.20. The molecular weight excluding hydrogens is 348 g/mol. The highest BCUT2D eigenvalue weighted by atomic mass is 32.1. The molecule has 2 aromatic heterocycles. The summed E-state index contributed by atoms with van der Waals surface area (Å²) in [6.07, 6.45) is 1.03. The van der Waals surface area contributed by atoms with Gasteiger partial charge in [-0.25, -0.2) is 4.98 Å². The number of thiazole rings is 1. The second kappa shape index (κ2) is 7.54. The molecule has 0 unspecified atom stereocenters. The molecule has 3 N–H and O–H groups in total. The van der Waals surface area contributed by atoms with E-state index in [4.69, 9.17) is 0 Å². The van der Waals surface area contributed by atoms with E-state index < -0.39 is 6.04 Å². The summed E-state index contributed by atoms with van der Waals surface area (Å²) in [7, 11) is 0. The summed E-state index contributed by atoms with van der Waals surface area (Å²) in [6.45, 7) is 0.506. The highest BCUT2D eigenvalue weighted by molar-refractivity contribution is 7.14. The number of carbonyl (C=O) groups excluding carboxylic acids is 3. The molecule has 0 aliphatic carbocycles. The smallest absolute Gasteiger partial charge is 0.248 e. The van der Waals surface area contributed by atoms with Crippen LogP contribution in [0, 0.1) is 0 Å². The van der Waals surface area contributed by atoms with Crippen molar-refractivity contribution in [3.8, 4) is 0 Å². The molecule has 24 heavy (non-hydrogen) atoms. The summed E-state index contributed by atoms with van der Waals surface area (Å²) in [6, 6.07) is 3.40. The minimum absolute atomic E-state index is 0.114. The Morgan fingerprint density at radius 2 is 2.25 bits per heavy atom. The second-order valence-corrected chi connectivity index (χ2v) is 7.22. The lowest BCUT2D eigenvalue weighted by atomic mass is 10.2. The first-order chi connectivity index (χ1) is 11.6. The van der Waals surface area contributed by atoms with Crippen LogP contribution in [0.2, 0.25) is 0 Å². The largest absolute Gasteiger partial charge is 0.351 e. The van der Waals surface area contributed by atoms with E-state index in [1.165, 1.54) is 11.3 Å². The maximum absolute atomic E-state index is 12.0. The average molecular weight is 364 g/mol. The van der Waals surface area contributed by atoms with Crippen molar-refractivity contribution in [1.82, 2.24) is 15.6 Å². The highest BCUT2D eigenvalue weighted by Gasteiger charge is 2.27. The van der Waals surface area contributed by atoms with E-state index in [1.54, 1.807) is 16.7 Å². The van der Waals surface area contributed by atoms with E-state index in [0.29, 0.717) is 30.2 Å². The van der Waals surface area contributed by atoms with Crippen LogP contribution in [-0.4, -0.2) is 28.7 Å². The number of aromatic nitrogens is 1. The monoisotopic (exact) mass is 364 g/mol. The summed E-state index contributed by atoms with van der Waals surface area (Å²) in [5, 5.41) is 12.3. The Morgan fingerprint density at radius 3 is 2.96 bits per heavy atom. The van der Waals surface area contributed by atoms with Crippen LogP contribution in [0.1, 0.15) is 23.4 Å². The Morgan fingerprint density at radius 1 is 1.38 bits per heavy atom. The van der Waals surface area contributed by atoms with Gasteiger partial charge in [-0.3, -0.25) is 14.4 Å². The van der Waals surface area contributed by atoms with Crippen LogP contribution in [-0.2, 0) is 27.3 Å². The molecule has 3 heterocycles. The van der Waals surface area contributed by atoms with Gasteiger partial charge in [-0.1, -0.05) is 6.07 Å². The minimum atomic E-state index is -0.501. The van der Waals surface area contributed by atoms with E-state index in [0.717, 1.165) is 4.88 Å². The molecule has 0 aromatic carbocycles. The Bertz CT molecular complexity index is 742. The summed E-state index contributed by atoms with van der Waals surface area (Å²) in [4.78, 5) is 40.4. The zero-order valence-corrected chi connectivity index (χ0v) is 14.3. The minimum Gasteiger partial charge on any atom is -0.351 e. The van der Waals surface area contributed by atoms with E-state index in [1.807, 2.05) is 17.5 Å². The van der Waals surface area contributed by atoms with Crippen molar-refractivity contribution in [2.75, 3.05) is 5.32 Å². The molecule has 3 amide bonds. The van der Waals surface area contributed by atoms with E-state index in [-0.39, 0.29) is 24.1 Å². The van der Waals surface area contributed by atoms with Gasteiger partial charge < -0.3 is 16.0 Å². The topological polar surface area (TPSA) is 100 Å². The van der Waals surface area contributed by atoms with Gasteiger partial charge in [-0.15, -0.1) is 22.7 Å². The summed E-state index contributed by atoms with van der Waals surface area (Å²) in [5.74, 6) is -0.504. The third kappa shape index (κ3) is 4.39. The van der Waals surface area contributed by atoms with Gasteiger partial charge in [0.15, 0.2) is 5.13 Å². The summed E-state index contributed by atoms with van der Waals surface area (Å²) in [5.41, 5.74) is 0.606. The fourth-order valence-corrected chi connectivity index (χ4v) is 3.63. The van der Waals surface area contributed by atoms with Gasteiger partial charge in [0.2, 0.25) is 17.7 Å². The summed E-state index contributed by atoms with van der Waals surface area (Å²) >= 11 is 2.85. The van der Waals surface area contributed by atoms with Crippen LogP contribution in [0.25, 0.3) is 0 Å². The van der Waals surface area contributed by atoms with Gasteiger partial charge in [0.05, 0.1) is 18.7 Å². The van der Waals surface area contributed by atoms with Crippen LogP contribution in [0.3, 0.4) is 0 Å². The number of thiophene rings is 1. The zero-order valence-electron chi connectivity index (χ0n) is 12.7. The van der Waals surface area contributed by atoms with Gasteiger partial charge in [0.25, 0.3) is 0 Å². The van der Waals surface area contributed by atoms with Crippen LogP contribution < -0.4 is 16.0 Å². The number of hydrogen-bond acceptors (Lipinski definition) is 6. The van der Waals surface area contributed by atoms with Crippen LogP contribution in [0.4, 0.5) is 5.13 Å². The normalized spacial score (nSPS) is 16.7. The predicted octanol–water partition coefficient (Wildman–Crippen LogP) is 1.28. The molecule has 1 fully saturated rings. The number of anilines is 1. The molecule has 1 aliphatic rings. The fraction of sp³-hybridized carbons (Fsp3) is 0.333. The van der Waals surface area contributed by atoms with Gasteiger partial charge in [-0.2, -0.15) is 0 Å². The fourth-order valence-electron chi connectivity index (χ4n) is 2.27. The Labute approximate surface area is 146 Å². The first-order valence-electron chi connectivity index (χ1n) is 7.44. The molecule has 126 valence electrons. The lowest BCUT2D eigenvalue weighted by Crippen LogP contribution is -2.37. The van der Waals surface area contributed by atoms with Gasteiger partial charge in [0, 0.05) is 16.7 Å². The van der Waals surface area contributed by atoms with Crippen molar-refractivity contribution in [2.45, 2.75) is 31.8 Å². The number of nitrogens with one attached hydrogen (secondary N) is 3. The number of carbonyl (C=O) groups is 3. The van der Waals surface area contributed by atoms with E-state index >= 15 is 0 Å². The molecule has 1 saturated heterocycles. The van der Waals surface area contributed by atoms with Gasteiger partial charge >= 0.3 is 0 Å². The third-order valence-corrected chi connectivity index (χ3v) is 5.16. The first kappa shape index (κ1) is 16.6. The Balaban J connectivity index is 1.47. The van der Waals surface area contributed by atoms with Crippen molar-refractivity contribution < 1.29 is 14.4 Å². The third-order valence-electron chi connectivity index (χ3n) is 3.48. The van der Waals surface area contributed by atoms with Crippen molar-refractivity contribution in [1.29, 1.82) is 0 Å². The number of hydrogen-bond donors (Lipinski definition) is 3. The molecule has 0 bridgehead atoms. The lowest BCUT2D eigenvalue weighted by molar-refractivity contribution is -0.122. The van der Waals surface area contributed by atoms with Gasteiger partial charge in [-0.05, 0) is 17.9 Å². The zero-order chi connectivity index (χ0) is 16.9. The molecule has 7 nitrogen and oxygen atoms in total. The van der Waals surface area contributed by atoms with Crippen molar-refractivity contribution >= 4 is 45.5 Å². The maximum atomic E-state index is 12.0. The summed E-state index contributed by atoms with van der Waals surface area (Å²) < 4.78 is 0. The molecule has 0 spiro atoms. The molecule has 1 atom stereocenters. The number of nitrogens with zero attached hydrogens (tertiary/aromatic N) is 1. The Kier molecular flexibility index (Phi) is 5.21. The molecule has 2 aromatic rings. The average Bonchev–Trinajstić information content (AvgIpc) is 3.27. The molecule has 9 heteroatoms. The Hall–Kier alpha value is -2.26. The molecule has 1 aliphatic heterocycles. The SMILES string of the molecule is O=C(Cc1csc(NC(=O)[C@@H]2CCC(=O)N2)n1)NCc1cccs1. The van der Waals surface area contributed by atoms with Crippen LogP contribution in [0.5, 0.6) is 0 Å². The van der Waals surface area contributed by atoms with Crippen molar-refractivity contribution in [3.63, 3.8) is 0 Å². The maximum Gasteiger partial charge on any atom is 0.248 e. The van der Waals surface area contributed by atoms with E-state index in [2.05, 4.69) is 20.9 Å². The number of rotatable bonds is 6. The standard InChI is InChI=1S/C15H16N4O3S2/c20-12-4-3-11(18-12)14(22)19-15-17-9(8-24-15)6-13(21)16-7-10-2-1-5-23-10/h1-2,5,8,11H,3-4,6-7H2,(H,16,21)(H,18,20)(H,17,19,22)/t11-/m0/s1. The quantitative estimate of drug-likeness (QED) is 0.719. The predicted molar refractivity (Wildman–Crippen MR) is 91.8 cm³/mol. The molecule has 3 rings (SSSR count). The van der Waals surface area contributed by atoms with Crippen LogP contribution >= 0.6 is 22.7 Å². The second-order valence-electron chi connectivity index (χ2n) is 5.32. The number of amides is 3. The molecule has 0 radical (unpaired) electrons. The highest BCUT2D eigenvalue weighted by Crippen LogP contribution is 2.17. The van der Waals surface area contributed by atoms with Crippen molar-refractivity contribution in [3.05, 3.63) is 33.5 Å². The molecular formula is C15H16N4O3S2. The van der Waals surface area contributed by atoms with Gasteiger partial charge in [0.1, 0.15) is 6.04 Å². The lowest BCUT2D eigenvalue weighted by Gasteiger charge is -2.08. The molecule has 0 saturated carbocycles. The van der Waals surface area contributed by atoms with E-state index in [9.17, 15) is 14.4 Å². The van der Waals surface area contributed by atoms with Crippen LogP contribution in [0.15, 0.2) is 22.9 Å².